The Morgan fingerprint density at radius 1 is 1.47 bits per heavy atom. The van der Waals surface area contributed by atoms with Crippen molar-refractivity contribution in [2.24, 2.45) is 11.8 Å². The zero-order valence-electron chi connectivity index (χ0n) is 11.1. The van der Waals surface area contributed by atoms with Gasteiger partial charge in [-0.15, -0.1) is 0 Å². The van der Waals surface area contributed by atoms with E-state index in [0.29, 0.717) is 12.5 Å². The van der Waals surface area contributed by atoms with Gasteiger partial charge in [0.2, 0.25) is 0 Å². The fraction of sp³-hybridized carbons (Fsp3) is 1.00. The fourth-order valence-electron chi connectivity index (χ4n) is 2.60. The molecule has 1 saturated carbocycles. The van der Waals surface area contributed by atoms with E-state index in [1.54, 1.807) is 0 Å². The number of hydrogen-bond acceptors (Lipinski definition) is 3. The minimum absolute atomic E-state index is 0.0593. The van der Waals surface area contributed by atoms with Crippen molar-refractivity contribution in [1.29, 1.82) is 0 Å². The highest BCUT2D eigenvalue weighted by molar-refractivity contribution is 7.85. The Balaban J connectivity index is 2.43. The molecule has 0 radical (unpaired) electrons. The van der Waals surface area contributed by atoms with Crippen LogP contribution in [0.1, 0.15) is 46.5 Å². The average Bonchev–Trinajstić information content (AvgIpc) is 2.18. The molecule has 0 amide bonds. The summed E-state index contributed by atoms with van der Waals surface area (Å²) in [5.74, 6) is 0.398. The summed E-state index contributed by atoms with van der Waals surface area (Å²) in [7, 11) is -3.85. The van der Waals surface area contributed by atoms with Crippen molar-refractivity contribution >= 4 is 10.1 Å². The highest BCUT2D eigenvalue weighted by atomic mass is 32.2. The van der Waals surface area contributed by atoms with Gasteiger partial charge in [0.15, 0.2) is 0 Å². The molecular weight excluding hydrogens is 238 g/mol. The monoisotopic (exact) mass is 263 g/mol. The molecule has 3 unspecified atom stereocenters. The van der Waals surface area contributed by atoms with Crippen LogP contribution in [0.25, 0.3) is 0 Å². The van der Waals surface area contributed by atoms with E-state index < -0.39 is 10.1 Å². The summed E-state index contributed by atoms with van der Waals surface area (Å²) in [6, 6.07) is 0. The Bertz CT molecular complexity index is 342. The van der Waals surface area contributed by atoms with E-state index in [1.165, 1.54) is 19.3 Å². The molecule has 0 aromatic carbocycles. The minimum Gasteiger partial charge on any atom is -0.311 e. The maximum Gasteiger partial charge on any atom is 0.265 e. The number of hydrogen-bond donors (Lipinski definition) is 2. The normalized spacial score (nSPS) is 32.4. The van der Waals surface area contributed by atoms with Gasteiger partial charge < -0.3 is 5.32 Å². The second-order valence-electron chi connectivity index (χ2n) is 5.80. The SMILES string of the molecule is CC(CNC1(C)CCCCC1C)CS(=O)(=O)O. The molecule has 102 valence electrons. The Morgan fingerprint density at radius 3 is 2.65 bits per heavy atom. The van der Waals surface area contributed by atoms with E-state index in [-0.39, 0.29) is 17.2 Å². The van der Waals surface area contributed by atoms with Crippen LogP contribution in [0.5, 0.6) is 0 Å². The van der Waals surface area contributed by atoms with Crippen LogP contribution in [0.3, 0.4) is 0 Å². The predicted octanol–water partition coefficient (Wildman–Crippen LogP) is 2.07. The number of nitrogens with one attached hydrogen (secondary N) is 1. The molecule has 5 heteroatoms. The van der Waals surface area contributed by atoms with E-state index >= 15 is 0 Å². The molecule has 0 aromatic heterocycles. The van der Waals surface area contributed by atoms with Crippen molar-refractivity contribution < 1.29 is 13.0 Å². The van der Waals surface area contributed by atoms with Gasteiger partial charge in [-0.25, -0.2) is 0 Å². The van der Waals surface area contributed by atoms with Crippen LogP contribution < -0.4 is 5.32 Å². The highest BCUT2D eigenvalue weighted by Crippen LogP contribution is 2.33. The van der Waals surface area contributed by atoms with Crippen molar-refractivity contribution in [3.63, 3.8) is 0 Å². The molecule has 4 nitrogen and oxygen atoms in total. The van der Waals surface area contributed by atoms with Gasteiger partial charge in [-0.3, -0.25) is 4.55 Å². The van der Waals surface area contributed by atoms with Gasteiger partial charge in [-0.05, 0) is 38.1 Å². The largest absolute Gasteiger partial charge is 0.311 e. The van der Waals surface area contributed by atoms with Crippen molar-refractivity contribution in [2.45, 2.75) is 52.0 Å². The van der Waals surface area contributed by atoms with Crippen molar-refractivity contribution in [3.05, 3.63) is 0 Å². The summed E-state index contributed by atoms with van der Waals surface area (Å²) in [6.45, 7) is 6.95. The topological polar surface area (TPSA) is 66.4 Å². The first-order valence-electron chi connectivity index (χ1n) is 6.43. The Labute approximate surface area is 105 Å². The van der Waals surface area contributed by atoms with E-state index in [2.05, 4.69) is 19.2 Å². The molecule has 1 aliphatic carbocycles. The maximum atomic E-state index is 10.8. The number of rotatable bonds is 5. The van der Waals surface area contributed by atoms with Gasteiger partial charge in [0.1, 0.15) is 0 Å². The third-order valence-electron chi connectivity index (χ3n) is 4.02. The highest BCUT2D eigenvalue weighted by Gasteiger charge is 2.33. The second-order valence-corrected chi connectivity index (χ2v) is 7.30. The van der Waals surface area contributed by atoms with Crippen molar-refractivity contribution in [1.82, 2.24) is 5.32 Å². The molecular formula is C12H25NO3S. The molecule has 0 aliphatic heterocycles. The van der Waals surface area contributed by atoms with Gasteiger partial charge in [-0.1, -0.05) is 26.7 Å². The predicted molar refractivity (Wildman–Crippen MR) is 69.6 cm³/mol. The lowest BCUT2D eigenvalue weighted by molar-refractivity contribution is 0.169. The van der Waals surface area contributed by atoms with Crippen LogP contribution >= 0.6 is 0 Å². The molecule has 1 fully saturated rings. The molecule has 0 heterocycles. The van der Waals surface area contributed by atoms with Crippen LogP contribution in [-0.2, 0) is 10.1 Å². The van der Waals surface area contributed by atoms with Crippen LogP contribution in [0, 0.1) is 11.8 Å². The lowest BCUT2D eigenvalue weighted by Crippen LogP contribution is -2.51. The summed E-state index contributed by atoms with van der Waals surface area (Å²) >= 11 is 0. The smallest absolute Gasteiger partial charge is 0.265 e. The van der Waals surface area contributed by atoms with Gasteiger partial charge in [0.25, 0.3) is 10.1 Å². The Morgan fingerprint density at radius 2 is 2.12 bits per heavy atom. The third-order valence-corrected chi connectivity index (χ3v) is 5.01. The molecule has 2 N–H and O–H groups in total. The van der Waals surface area contributed by atoms with E-state index in [4.69, 9.17) is 4.55 Å². The van der Waals surface area contributed by atoms with E-state index in [9.17, 15) is 8.42 Å². The second kappa shape index (κ2) is 5.67. The summed E-state index contributed by atoms with van der Waals surface area (Å²) in [6.07, 6.45) is 4.91. The molecule has 0 bridgehead atoms. The quantitative estimate of drug-likeness (QED) is 0.745. The Hall–Kier alpha value is -0.130. The standard InChI is InChI=1S/C12H25NO3S/c1-10(9-17(14,15)16)8-13-12(3)7-5-4-6-11(12)2/h10-11,13H,4-9H2,1-3H3,(H,14,15,16). The lowest BCUT2D eigenvalue weighted by Gasteiger charge is -2.41. The Kier molecular flexibility index (Phi) is 4.98. The van der Waals surface area contributed by atoms with Crippen LogP contribution in [0.4, 0.5) is 0 Å². The molecule has 0 spiro atoms. The lowest BCUT2D eigenvalue weighted by atomic mass is 9.75. The maximum absolute atomic E-state index is 10.8. The van der Waals surface area contributed by atoms with Gasteiger partial charge in [0.05, 0.1) is 5.75 Å². The summed E-state index contributed by atoms with van der Waals surface area (Å²) in [5.41, 5.74) is 0.117. The summed E-state index contributed by atoms with van der Waals surface area (Å²) in [4.78, 5) is 0. The van der Waals surface area contributed by atoms with Gasteiger partial charge in [-0.2, -0.15) is 8.42 Å². The first-order chi connectivity index (χ1) is 7.73. The average molecular weight is 263 g/mol. The van der Waals surface area contributed by atoms with Crippen LogP contribution in [0.2, 0.25) is 0 Å². The van der Waals surface area contributed by atoms with Crippen LogP contribution in [0.15, 0.2) is 0 Å². The molecule has 0 saturated heterocycles. The zero-order chi connectivity index (χ0) is 13.1. The van der Waals surface area contributed by atoms with Gasteiger partial charge >= 0.3 is 0 Å². The minimum atomic E-state index is -3.85. The summed E-state index contributed by atoms with van der Waals surface area (Å²) in [5, 5.41) is 3.49. The fourth-order valence-corrected chi connectivity index (χ4v) is 3.43. The molecule has 0 aromatic rings. The van der Waals surface area contributed by atoms with E-state index in [1.807, 2.05) is 6.92 Å². The molecule has 3 atom stereocenters. The van der Waals surface area contributed by atoms with E-state index in [0.717, 1.165) is 6.42 Å². The van der Waals surface area contributed by atoms with Crippen LogP contribution in [-0.4, -0.2) is 30.8 Å². The van der Waals surface area contributed by atoms with Gasteiger partial charge in [0, 0.05) is 5.54 Å². The molecule has 1 rings (SSSR count). The summed E-state index contributed by atoms with van der Waals surface area (Å²) < 4.78 is 30.3. The first-order valence-corrected chi connectivity index (χ1v) is 8.04. The van der Waals surface area contributed by atoms with Crippen molar-refractivity contribution in [3.8, 4) is 0 Å². The van der Waals surface area contributed by atoms with Crippen molar-refractivity contribution in [2.75, 3.05) is 12.3 Å². The first kappa shape index (κ1) is 14.9. The molecule has 17 heavy (non-hydrogen) atoms. The zero-order valence-corrected chi connectivity index (χ0v) is 11.9. The molecule has 1 aliphatic rings. The third kappa shape index (κ3) is 4.94.